The van der Waals surface area contributed by atoms with Crippen LogP contribution in [0.1, 0.15) is 66.1 Å². The van der Waals surface area contributed by atoms with Crippen molar-refractivity contribution in [3.05, 3.63) is 82.9 Å². The van der Waals surface area contributed by atoms with Crippen molar-refractivity contribution in [3.63, 3.8) is 0 Å². The number of allylic oxidation sites excluding steroid dienone is 2. The van der Waals surface area contributed by atoms with Crippen LogP contribution in [-0.2, 0) is 11.2 Å². The molecule has 0 bridgehead atoms. The van der Waals surface area contributed by atoms with Crippen LogP contribution in [0.15, 0.2) is 60.7 Å². The fraction of sp³-hybridized carbons (Fsp3) is 0.400. The number of carbonyl (C=O) groups is 2. The van der Waals surface area contributed by atoms with Gasteiger partial charge in [-0.3, -0.25) is 9.59 Å². The van der Waals surface area contributed by atoms with E-state index in [1.165, 1.54) is 6.42 Å². The first-order valence-electron chi connectivity index (χ1n) is 17.3. The minimum Gasteiger partial charge on any atom is -0.493 e. The number of ether oxygens (including phenoxy) is 7. The largest absolute Gasteiger partial charge is 0.493 e. The molecule has 262 valence electrons. The van der Waals surface area contributed by atoms with Crippen molar-refractivity contribution in [1.82, 2.24) is 4.90 Å². The zero-order valence-electron chi connectivity index (χ0n) is 28.9. The molecule has 0 saturated carbocycles. The lowest BCUT2D eigenvalue weighted by Crippen LogP contribution is -2.43. The van der Waals surface area contributed by atoms with Crippen LogP contribution in [0, 0.1) is 5.92 Å². The molecule has 10 heteroatoms. The van der Waals surface area contributed by atoms with Crippen molar-refractivity contribution in [2.45, 2.75) is 57.7 Å². The molecule has 5 heterocycles. The molecule has 0 spiro atoms. The van der Waals surface area contributed by atoms with E-state index in [0.717, 1.165) is 66.3 Å². The second kappa shape index (κ2) is 14.4. The summed E-state index contributed by atoms with van der Waals surface area (Å²) in [4.78, 5) is 27.4. The summed E-state index contributed by atoms with van der Waals surface area (Å²) in [5.74, 6) is 4.89. The minimum atomic E-state index is -0.438. The van der Waals surface area contributed by atoms with Crippen LogP contribution < -0.4 is 33.2 Å². The van der Waals surface area contributed by atoms with Gasteiger partial charge in [-0.05, 0) is 61.1 Å². The van der Waals surface area contributed by atoms with E-state index in [2.05, 4.69) is 13.8 Å². The molecular formula is C40H43NO9. The molecule has 5 aliphatic rings. The molecule has 3 aromatic carbocycles. The third-order valence-corrected chi connectivity index (χ3v) is 9.79. The number of carbonyl (C=O) groups excluding carboxylic acids is 2. The van der Waals surface area contributed by atoms with Gasteiger partial charge in [-0.15, -0.1) is 0 Å². The maximum absolute atomic E-state index is 13.5. The van der Waals surface area contributed by atoms with Gasteiger partial charge in [0.05, 0.1) is 25.7 Å². The maximum atomic E-state index is 13.5. The first-order valence-corrected chi connectivity index (χ1v) is 17.3. The minimum absolute atomic E-state index is 0.0452. The van der Waals surface area contributed by atoms with Crippen molar-refractivity contribution in [1.29, 1.82) is 0 Å². The Hall–Kier alpha value is -5.12. The quantitative estimate of drug-likeness (QED) is 0.206. The Balaban J connectivity index is 0.000000166. The average Bonchev–Trinajstić information content (AvgIpc) is 3.81. The van der Waals surface area contributed by atoms with E-state index in [0.29, 0.717) is 41.1 Å². The number of rotatable bonds is 6. The van der Waals surface area contributed by atoms with Crippen molar-refractivity contribution >= 4 is 17.8 Å². The van der Waals surface area contributed by atoms with Crippen LogP contribution >= 0.6 is 0 Å². The Morgan fingerprint density at radius 2 is 1.62 bits per heavy atom. The van der Waals surface area contributed by atoms with Gasteiger partial charge in [0.1, 0.15) is 36.1 Å². The normalized spacial score (nSPS) is 21.3. The molecule has 0 radical (unpaired) electrons. The number of methoxy groups -OCH3 is 2. The first kappa shape index (κ1) is 33.4. The summed E-state index contributed by atoms with van der Waals surface area (Å²) in [6, 6.07) is 13.1. The van der Waals surface area contributed by atoms with E-state index >= 15 is 0 Å². The van der Waals surface area contributed by atoms with Crippen molar-refractivity contribution in [3.8, 4) is 40.2 Å². The van der Waals surface area contributed by atoms with Crippen LogP contribution in [0.5, 0.6) is 40.2 Å². The highest BCUT2D eigenvalue weighted by Gasteiger charge is 2.45. The zero-order chi connectivity index (χ0) is 34.8. The second-order valence-corrected chi connectivity index (χ2v) is 13.3. The number of piperidine rings is 1. The van der Waals surface area contributed by atoms with Crippen LogP contribution in [0.25, 0.3) is 6.08 Å². The van der Waals surface area contributed by atoms with E-state index in [1.807, 2.05) is 53.5 Å². The van der Waals surface area contributed by atoms with Gasteiger partial charge in [-0.2, -0.15) is 0 Å². The van der Waals surface area contributed by atoms with E-state index in [-0.39, 0.29) is 30.7 Å². The SMILES string of the molecule is COc1cc2c(cc1OC)C1C(=O)c3ccc4c(c3OC1CO2)CC(C(C)C)O4.O=C(C=CC=Cc1ccc2c(c1)OCO2)N1CCCCC1. The lowest BCUT2D eigenvalue weighted by Gasteiger charge is -2.37. The highest BCUT2D eigenvalue weighted by molar-refractivity contribution is 6.06. The Morgan fingerprint density at radius 1 is 0.860 bits per heavy atom. The Kier molecular flexibility index (Phi) is 9.61. The fourth-order valence-corrected chi connectivity index (χ4v) is 7.00. The summed E-state index contributed by atoms with van der Waals surface area (Å²) in [5, 5.41) is 0. The number of ketones is 1. The number of hydrogen-bond donors (Lipinski definition) is 0. The topological polar surface area (TPSA) is 102 Å². The molecule has 5 aliphatic heterocycles. The number of amides is 1. The van der Waals surface area contributed by atoms with E-state index < -0.39 is 5.92 Å². The second-order valence-electron chi connectivity index (χ2n) is 13.3. The van der Waals surface area contributed by atoms with Crippen LogP contribution in [0.3, 0.4) is 0 Å². The van der Waals surface area contributed by atoms with Crippen molar-refractivity contribution in [2.75, 3.05) is 40.7 Å². The predicted molar refractivity (Wildman–Crippen MR) is 187 cm³/mol. The smallest absolute Gasteiger partial charge is 0.246 e. The molecule has 0 aliphatic carbocycles. The van der Waals surface area contributed by atoms with Gasteiger partial charge in [0, 0.05) is 42.8 Å². The summed E-state index contributed by atoms with van der Waals surface area (Å²) >= 11 is 0. The molecule has 1 saturated heterocycles. The molecular weight excluding hydrogens is 638 g/mol. The van der Waals surface area contributed by atoms with Gasteiger partial charge >= 0.3 is 0 Å². The summed E-state index contributed by atoms with van der Waals surface area (Å²) in [6.07, 6.45) is 11.2. The van der Waals surface area contributed by atoms with Gasteiger partial charge in [0.2, 0.25) is 12.7 Å². The molecule has 3 atom stereocenters. The van der Waals surface area contributed by atoms with Crippen molar-refractivity contribution in [2.24, 2.45) is 5.92 Å². The standard InChI is InChI=1S/C23H24O6.C17H19NO3/c1-11(2)16-8-14-15(28-16)6-5-12-22(24)21-13-7-18(25-3)19(26-4)9-17(13)27-10-20(21)29-23(12)14;19-17(18-10-4-1-5-11-18)7-3-2-6-14-8-9-15-16(12-14)21-13-20-15/h5-7,9,11,16,20-21H,8,10H2,1-4H3;2-3,6-9,12H,1,4-5,10-11,13H2. The summed E-state index contributed by atoms with van der Waals surface area (Å²) in [5.41, 5.74) is 3.40. The first-order chi connectivity index (χ1) is 24.3. The molecule has 10 nitrogen and oxygen atoms in total. The molecule has 8 rings (SSSR count). The molecule has 3 aromatic rings. The van der Waals surface area contributed by atoms with Gasteiger partial charge in [-0.1, -0.05) is 38.1 Å². The molecule has 0 N–H and O–H groups in total. The lowest BCUT2D eigenvalue weighted by molar-refractivity contribution is -0.126. The van der Waals surface area contributed by atoms with Gasteiger partial charge < -0.3 is 38.1 Å². The third-order valence-electron chi connectivity index (χ3n) is 9.79. The predicted octanol–water partition coefficient (Wildman–Crippen LogP) is 6.78. The fourth-order valence-electron chi connectivity index (χ4n) is 7.00. The molecule has 3 unspecified atom stereocenters. The lowest BCUT2D eigenvalue weighted by atomic mass is 9.81. The molecule has 50 heavy (non-hydrogen) atoms. The molecule has 0 aromatic heterocycles. The number of hydrogen-bond acceptors (Lipinski definition) is 9. The number of Topliss-reactive ketones (excluding diaryl/α,β-unsaturated/α-hetero) is 1. The Morgan fingerprint density at radius 3 is 2.40 bits per heavy atom. The number of benzene rings is 3. The monoisotopic (exact) mass is 681 g/mol. The van der Waals surface area contributed by atoms with E-state index in [9.17, 15) is 9.59 Å². The van der Waals surface area contributed by atoms with Crippen LogP contribution in [-0.4, -0.2) is 69.5 Å². The van der Waals surface area contributed by atoms with Gasteiger partial charge in [0.25, 0.3) is 0 Å². The maximum Gasteiger partial charge on any atom is 0.246 e. The summed E-state index contributed by atoms with van der Waals surface area (Å²) in [7, 11) is 3.16. The van der Waals surface area contributed by atoms with Crippen LogP contribution in [0.2, 0.25) is 0 Å². The average molecular weight is 682 g/mol. The van der Waals surface area contributed by atoms with Gasteiger partial charge in [-0.25, -0.2) is 0 Å². The summed E-state index contributed by atoms with van der Waals surface area (Å²) in [6.45, 7) is 6.63. The van der Waals surface area contributed by atoms with Gasteiger partial charge in [0.15, 0.2) is 28.8 Å². The molecule has 1 fully saturated rings. The van der Waals surface area contributed by atoms with E-state index in [4.69, 9.17) is 33.2 Å². The molecule has 1 amide bonds. The number of fused-ring (bicyclic) bond motifs is 7. The van der Waals surface area contributed by atoms with Crippen molar-refractivity contribution < 1.29 is 42.7 Å². The van der Waals surface area contributed by atoms with E-state index in [1.54, 1.807) is 32.4 Å². The van der Waals surface area contributed by atoms with Crippen LogP contribution in [0.4, 0.5) is 0 Å². The zero-order valence-corrected chi connectivity index (χ0v) is 28.9. The highest BCUT2D eigenvalue weighted by Crippen LogP contribution is 2.50. The Labute approximate surface area is 292 Å². The number of nitrogens with zero attached hydrogens (tertiary/aromatic N) is 1. The number of likely N-dealkylation sites (tertiary alicyclic amines) is 1. The summed E-state index contributed by atoms with van der Waals surface area (Å²) < 4.78 is 39.8. The highest BCUT2D eigenvalue weighted by atomic mass is 16.7. The Bertz CT molecular complexity index is 1820. The third kappa shape index (κ3) is 6.58.